The second-order valence-corrected chi connectivity index (χ2v) is 8.95. The lowest BCUT2D eigenvalue weighted by molar-refractivity contribution is -0.167. The highest BCUT2D eigenvalue weighted by atomic mass is 127. The molecule has 0 aliphatic carbocycles. The van der Waals surface area contributed by atoms with E-state index in [9.17, 15) is 26.7 Å². The number of anilines is 1. The molecule has 3 rings (SSSR count). The van der Waals surface area contributed by atoms with E-state index in [1.54, 1.807) is 18.2 Å². The standard InChI is InChI=1S/C21H14ClF3INO3S/c22-17-10-19(27-20(28)21(23,24)25)18(26)9-16(17)15-7-5-14(6-8-15)13-3-1-12(2-4-13)11-31(29)30/h1-10H,11H2,(H,27,28)(H,29,30)/p-1. The Labute approximate surface area is 197 Å². The molecule has 1 amide bonds. The zero-order chi connectivity index (χ0) is 22.8. The SMILES string of the molecule is O=C(Nc1cc(Cl)c(-c2ccc(-c3ccc(CS(=O)[O-])cc3)cc2)cc1I)C(F)(F)F. The molecular weight excluding hydrogens is 566 g/mol. The van der Waals surface area contributed by atoms with Crippen LogP contribution in [0.15, 0.2) is 60.7 Å². The molecule has 3 aromatic carbocycles. The van der Waals surface area contributed by atoms with E-state index in [2.05, 4.69) is 0 Å². The van der Waals surface area contributed by atoms with E-state index in [-0.39, 0.29) is 16.5 Å². The number of benzene rings is 3. The van der Waals surface area contributed by atoms with Gasteiger partial charge in [0, 0.05) is 14.9 Å². The molecule has 1 N–H and O–H groups in total. The Morgan fingerprint density at radius 2 is 1.52 bits per heavy atom. The average Bonchev–Trinajstić information content (AvgIpc) is 2.70. The number of hydrogen-bond donors (Lipinski definition) is 1. The smallest absolute Gasteiger partial charge is 0.471 e. The van der Waals surface area contributed by atoms with Crippen LogP contribution in [0.4, 0.5) is 18.9 Å². The Morgan fingerprint density at radius 1 is 1.00 bits per heavy atom. The summed E-state index contributed by atoms with van der Waals surface area (Å²) in [4.78, 5) is 11.2. The van der Waals surface area contributed by atoms with Gasteiger partial charge < -0.3 is 9.87 Å². The molecule has 162 valence electrons. The molecule has 3 aromatic rings. The molecule has 0 heterocycles. The average molecular weight is 579 g/mol. The first kappa shape index (κ1) is 23.7. The first-order valence-corrected chi connectivity index (χ1v) is 11.4. The summed E-state index contributed by atoms with van der Waals surface area (Å²) in [6.07, 6.45) is -4.99. The highest BCUT2D eigenvalue weighted by molar-refractivity contribution is 14.1. The minimum Gasteiger partial charge on any atom is -0.772 e. The maximum absolute atomic E-state index is 12.5. The van der Waals surface area contributed by atoms with Crippen molar-refractivity contribution >= 4 is 56.9 Å². The van der Waals surface area contributed by atoms with Crippen LogP contribution in [0.1, 0.15) is 5.56 Å². The van der Waals surface area contributed by atoms with Gasteiger partial charge in [-0.3, -0.25) is 9.00 Å². The summed E-state index contributed by atoms with van der Waals surface area (Å²) in [6.45, 7) is 0. The third kappa shape index (κ3) is 6.06. The quantitative estimate of drug-likeness (QED) is 0.291. The minimum absolute atomic E-state index is 0.0209. The normalized spacial score (nSPS) is 12.5. The highest BCUT2D eigenvalue weighted by Crippen LogP contribution is 2.35. The van der Waals surface area contributed by atoms with Crippen LogP contribution in [-0.4, -0.2) is 20.8 Å². The van der Waals surface area contributed by atoms with Gasteiger partial charge in [0.1, 0.15) is 0 Å². The van der Waals surface area contributed by atoms with Gasteiger partial charge in [0.2, 0.25) is 0 Å². The van der Waals surface area contributed by atoms with E-state index in [1.807, 2.05) is 64.3 Å². The Morgan fingerprint density at radius 3 is 2.03 bits per heavy atom. The van der Waals surface area contributed by atoms with Gasteiger partial charge in [-0.15, -0.1) is 0 Å². The molecule has 1 unspecified atom stereocenters. The van der Waals surface area contributed by atoms with Gasteiger partial charge in [-0.25, -0.2) is 0 Å². The van der Waals surface area contributed by atoms with Crippen LogP contribution in [0, 0.1) is 3.57 Å². The summed E-state index contributed by atoms with van der Waals surface area (Å²) in [5, 5.41) is 2.02. The molecule has 0 aliphatic heterocycles. The van der Waals surface area contributed by atoms with Crippen molar-refractivity contribution < 1.29 is 26.7 Å². The zero-order valence-electron chi connectivity index (χ0n) is 15.5. The van der Waals surface area contributed by atoms with E-state index < -0.39 is 23.2 Å². The number of amides is 1. The summed E-state index contributed by atoms with van der Waals surface area (Å²) in [5.41, 5.74) is 3.83. The van der Waals surface area contributed by atoms with Crippen LogP contribution in [0.25, 0.3) is 22.3 Å². The zero-order valence-corrected chi connectivity index (χ0v) is 19.2. The van der Waals surface area contributed by atoms with Crippen molar-refractivity contribution in [2.75, 3.05) is 5.32 Å². The molecule has 0 saturated carbocycles. The third-order valence-electron chi connectivity index (χ3n) is 4.33. The summed E-state index contributed by atoms with van der Waals surface area (Å²) in [7, 11) is 0. The van der Waals surface area contributed by atoms with Crippen molar-refractivity contribution in [3.05, 3.63) is 74.8 Å². The van der Waals surface area contributed by atoms with Crippen LogP contribution < -0.4 is 5.32 Å². The molecule has 4 nitrogen and oxygen atoms in total. The molecule has 31 heavy (non-hydrogen) atoms. The van der Waals surface area contributed by atoms with Gasteiger partial charge in [-0.2, -0.15) is 13.2 Å². The summed E-state index contributed by atoms with van der Waals surface area (Å²) >= 11 is 5.95. The second-order valence-electron chi connectivity index (χ2n) is 6.49. The number of carbonyl (C=O) groups excluding carboxylic acids is 1. The predicted molar refractivity (Wildman–Crippen MR) is 122 cm³/mol. The maximum Gasteiger partial charge on any atom is 0.471 e. The van der Waals surface area contributed by atoms with Crippen LogP contribution in [0.5, 0.6) is 0 Å². The monoisotopic (exact) mass is 578 g/mol. The first-order chi connectivity index (χ1) is 14.5. The predicted octanol–water partition coefficient (Wildman–Crippen LogP) is 6.16. The lowest BCUT2D eigenvalue weighted by Crippen LogP contribution is -2.30. The van der Waals surface area contributed by atoms with Gasteiger partial charge in [-0.1, -0.05) is 71.2 Å². The Kier molecular flexibility index (Phi) is 7.40. The van der Waals surface area contributed by atoms with Crippen molar-refractivity contribution in [3.63, 3.8) is 0 Å². The molecular formula is C21H13ClF3INO3S-. The Bertz CT molecular complexity index is 1140. The van der Waals surface area contributed by atoms with Crippen molar-refractivity contribution in [1.29, 1.82) is 0 Å². The van der Waals surface area contributed by atoms with E-state index >= 15 is 0 Å². The molecule has 0 saturated heterocycles. The number of rotatable bonds is 5. The molecule has 0 aliphatic rings. The van der Waals surface area contributed by atoms with Gasteiger partial charge in [-0.05, 0) is 57.0 Å². The van der Waals surface area contributed by atoms with Crippen LogP contribution in [-0.2, 0) is 21.6 Å². The maximum atomic E-state index is 12.5. The molecule has 0 bridgehead atoms. The van der Waals surface area contributed by atoms with Crippen molar-refractivity contribution in [2.45, 2.75) is 11.9 Å². The Balaban J connectivity index is 1.83. The van der Waals surface area contributed by atoms with E-state index in [4.69, 9.17) is 11.6 Å². The van der Waals surface area contributed by atoms with Crippen molar-refractivity contribution in [1.82, 2.24) is 0 Å². The van der Waals surface area contributed by atoms with Gasteiger partial charge in [0.05, 0.1) is 10.7 Å². The molecule has 10 heteroatoms. The number of nitrogens with one attached hydrogen (secondary N) is 1. The largest absolute Gasteiger partial charge is 0.772 e. The third-order valence-corrected chi connectivity index (χ3v) is 6.10. The fourth-order valence-corrected chi connectivity index (χ4v) is 4.17. The van der Waals surface area contributed by atoms with Gasteiger partial charge >= 0.3 is 12.1 Å². The summed E-state index contributed by atoms with van der Waals surface area (Å²) in [5.74, 6) is -2.11. The topological polar surface area (TPSA) is 69.2 Å². The molecule has 0 fully saturated rings. The summed E-state index contributed by atoms with van der Waals surface area (Å²) in [6, 6.07) is 17.4. The van der Waals surface area contributed by atoms with Crippen LogP contribution in [0.3, 0.4) is 0 Å². The lowest BCUT2D eigenvalue weighted by Gasteiger charge is -2.13. The van der Waals surface area contributed by atoms with E-state index in [0.717, 1.165) is 16.7 Å². The summed E-state index contributed by atoms with van der Waals surface area (Å²) < 4.78 is 59.4. The number of alkyl halides is 3. The minimum atomic E-state index is -4.99. The van der Waals surface area contributed by atoms with E-state index in [1.165, 1.54) is 6.07 Å². The molecule has 1 atom stereocenters. The molecule has 0 radical (unpaired) electrons. The van der Waals surface area contributed by atoms with Crippen LogP contribution >= 0.6 is 34.2 Å². The Hall–Kier alpha value is -1.95. The van der Waals surface area contributed by atoms with Crippen molar-refractivity contribution in [3.8, 4) is 22.3 Å². The number of hydrogen-bond acceptors (Lipinski definition) is 3. The second kappa shape index (κ2) is 9.68. The fourth-order valence-electron chi connectivity index (χ4n) is 2.83. The van der Waals surface area contributed by atoms with E-state index in [0.29, 0.717) is 14.7 Å². The lowest BCUT2D eigenvalue weighted by atomic mass is 9.99. The van der Waals surface area contributed by atoms with Gasteiger partial charge in [0.25, 0.3) is 0 Å². The highest BCUT2D eigenvalue weighted by Gasteiger charge is 2.39. The number of carbonyl (C=O) groups is 1. The first-order valence-electron chi connectivity index (χ1n) is 8.67. The number of halogens is 5. The van der Waals surface area contributed by atoms with Crippen LogP contribution in [0.2, 0.25) is 5.02 Å². The molecule has 0 aromatic heterocycles. The van der Waals surface area contributed by atoms with Gasteiger partial charge in [0.15, 0.2) is 0 Å². The fraction of sp³-hybridized carbons (Fsp3) is 0.0952. The van der Waals surface area contributed by atoms with Crippen molar-refractivity contribution in [2.24, 2.45) is 0 Å². The molecule has 0 spiro atoms.